The van der Waals surface area contributed by atoms with Crippen LogP contribution in [0.3, 0.4) is 0 Å². The van der Waals surface area contributed by atoms with E-state index in [1.165, 1.54) is 18.2 Å². The van der Waals surface area contributed by atoms with Gasteiger partial charge < -0.3 is 0 Å². The molecule has 0 heterocycles. The third kappa shape index (κ3) is 4.00. The number of carbonyl (C=O) groups is 1. The lowest BCUT2D eigenvalue weighted by Crippen LogP contribution is -2.23. The highest BCUT2D eigenvalue weighted by Crippen LogP contribution is 2.17. The first kappa shape index (κ1) is 16.4. The second-order valence-electron chi connectivity index (χ2n) is 5.23. The molecule has 1 N–H and O–H groups in total. The molecule has 0 bridgehead atoms. The van der Waals surface area contributed by atoms with Crippen molar-refractivity contribution in [3.8, 4) is 0 Å². The molecule has 0 fully saturated rings. The van der Waals surface area contributed by atoms with Crippen LogP contribution in [0, 0.1) is 16.0 Å². The molecule has 0 spiro atoms. The Kier molecular flexibility index (Phi) is 5.19. The van der Waals surface area contributed by atoms with E-state index in [0.717, 1.165) is 5.56 Å². The minimum absolute atomic E-state index is 0.0163. The van der Waals surface area contributed by atoms with Crippen molar-refractivity contribution in [3.63, 3.8) is 0 Å². The lowest BCUT2D eigenvalue weighted by molar-refractivity contribution is -0.385. The Morgan fingerprint density at radius 3 is 2.30 bits per heavy atom. The van der Waals surface area contributed by atoms with E-state index in [2.05, 4.69) is 10.5 Å². The van der Waals surface area contributed by atoms with Gasteiger partial charge in [-0.3, -0.25) is 14.9 Å². The molecular weight excluding hydrogens is 294 g/mol. The van der Waals surface area contributed by atoms with Gasteiger partial charge in [0.25, 0.3) is 11.6 Å². The van der Waals surface area contributed by atoms with Gasteiger partial charge in [0.2, 0.25) is 0 Å². The third-order valence-electron chi connectivity index (χ3n) is 3.24. The summed E-state index contributed by atoms with van der Waals surface area (Å²) in [6.45, 7) is 3.92. The fourth-order valence-corrected chi connectivity index (χ4v) is 2.13. The van der Waals surface area contributed by atoms with Crippen LogP contribution in [0.5, 0.6) is 0 Å². The van der Waals surface area contributed by atoms with Crippen LogP contribution in [0.15, 0.2) is 59.7 Å². The van der Waals surface area contributed by atoms with Crippen molar-refractivity contribution in [1.29, 1.82) is 0 Å². The van der Waals surface area contributed by atoms with E-state index >= 15 is 0 Å². The van der Waals surface area contributed by atoms with E-state index in [4.69, 9.17) is 0 Å². The van der Waals surface area contributed by atoms with E-state index < -0.39 is 10.8 Å². The highest BCUT2D eigenvalue weighted by molar-refractivity contribution is 6.04. The molecule has 2 rings (SSSR count). The number of hydrogen-bond donors (Lipinski definition) is 1. The van der Waals surface area contributed by atoms with E-state index in [1.54, 1.807) is 6.07 Å². The smallest absolute Gasteiger partial charge is 0.267 e. The van der Waals surface area contributed by atoms with E-state index in [9.17, 15) is 14.9 Å². The number of nitro benzene ring substituents is 1. The summed E-state index contributed by atoms with van der Waals surface area (Å²) in [4.78, 5) is 22.6. The van der Waals surface area contributed by atoms with Crippen LogP contribution in [0.2, 0.25) is 0 Å². The van der Waals surface area contributed by atoms with Crippen molar-refractivity contribution in [1.82, 2.24) is 5.43 Å². The summed E-state index contributed by atoms with van der Waals surface area (Å²) in [6.07, 6.45) is 0. The fourth-order valence-electron chi connectivity index (χ4n) is 2.13. The van der Waals surface area contributed by atoms with Gasteiger partial charge in [-0.1, -0.05) is 56.3 Å². The molecule has 0 aliphatic heterocycles. The number of hydrogen-bond acceptors (Lipinski definition) is 4. The van der Waals surface area contributed by atoms with Crippen LogP contribution >= 0.6 is 0 Å². The molecule has 6 heteroatoms. The molecule has 2 aromatic carbocycles. The summed E-state index contributed by atoms with van der Waals surface area (Å²) < 4.78 is 0. The lowest BCUT2D eigenvalue weighted by Gasteiger charge is -2.10. The minimum Gasteiger partial charge on any atom is -0.267 e. The summed E-state index contributed by atoms with van der Waals surface area (Å²) in [5.74, 6) is -0.519. The van der Waals surface area contributed by atoms with Crippen LogP contribution in [-0.2, 0) is 0 Å². The van der Waals surface area contributed by atoms with Gasteiger partial charge in [-0.25, -0.2) is 5.43 Å². The molecule has 0 aliphatic carbocycles. The largest absolute Gasteiger partial charge is 0.282 e. The molecule has 0 radical (unpaired) electrons. The minimum atomic E-state index is -0.605. The number of para-hydroxylation sites is 1. The van der Waals surface area contributed by atoms with E-state index in [-0.39, 0.29) is 17.2 Å². The van der Waals surface area contributed by atoms with Gasteiger partial charge in [-0.15, -0.1) is 0 Å². The Hall–Kier alpha value is -3.02. The van der Waals surface area contributed by atoms with Crippen molar-refractivity contribution in [3.05, 3.63) is 75.8 Å². The first-order valence-corrected chi connectivity index (χ1v) is 7.17. The number of benzene rings is 2. The highest BCUT2D eigenvalue weighted by atomic mass is 16.6. The number of hydrazone groups is 1. The number of rotatable bonds is 5. The van der Waals surface area contributed by atoms with Gasteiger partial charge in [-0.05, 0) is 17.5 Å². The molecule has 0 atom stereocenters. The average molecular weight is 311 g/mol. The summed E-state index contributed by atoms with van der Waals surface area (Å²) in [6, 6.07) is 15.3. The van der Waals surface area contributed by atoms with Gasteiger partial charge >= 0.3 is 0 Å². The summed E-state index contributed by atoms with van der Waals surface area (Å²) in [7, 11) is 0. The second kappa shape index (κ2) is 7.31. The highest BCUT2D eigenvalue weighted by Gasteiger charge is 2.19. The molecule has 1 amide bonds. The van der Waals surface area contributed by atoms with Gasteiger partial charge in [-0.2, -0.15) is 5.10 Å². The average Bonchev–Trinajstić information content (AvgIpc) is 2.55. The second-order valence-corrected chi connectivity index (χ2v) is 5.23. The number of nitro groups is 1. The van der Waals surface area contributed by atoms with E-state index in [0.29, 0.717) is 5.71 Å². The number of carbonyl (C=O) groups excluding carboxylic acids is 1. The first-order chi connectivity index (χ1) is 11.0. The third-order valence-corrected chi connectivity index (χ3v) is 3.24. The Morgan fingerprint density at radius 2 is 1.70 bits per heavy atom. The quantitative estimate of drug-likeness (QED) is 0.522. The van der Waals surface area contributed by atoms with Gasteiger partial charge in [0.05, 0.1) is 10.6 Å². The Balaban J connectivity index is 2.27. The molecule has 23 heavy (non-hydrogen) atoms. The number of amides is 1. The molecule has 6 nitrogen and oxygen atoms in total. The monoisotopic (exact) mass is 311 g/mol. The molecule has 0 saturated heterocycles. The maximum absolute atomic E-state index is 12.2. The topological polar surface area (TPSA) is 84.6 Å². The maximum Gasteiger partial charge on any atom is 0.282 e. The summed E-state index contributed by atoms with van der Waals surface area (Å²) in [5, 5.41) is 15.1. The molecule has 0 unspecified atom stereocenters. The maximum atomic E-state index is 12.2. The van der Waals surface area contributed by atoms with Crippen molar-refractivity contribution in [2.24, 2.45) is 11.0 Å². The standard InChI is InChI=1S/C17H17N3O3/c1-12(2)16(13-8-4-3-5-9-13)18-19-17(21)14-10-6-7-11-15(14)20(22)23/h3-12H,1-2H3,(H,19,21)/b18-16-. The van der Waals surface area contributed by atoms with Crippen LogP contribution < -0.4 is 5.43 Å². The molecule has 0 aliphatic rings. The van der Waals surface area contributed by atoms with Crippen molar-refractivity contribution >= 4 is 17.3 Å². The lowest BCUT2D eigenvalue weighted by atomic mass is 10.0. The number of nitrogens with one attached hydrogen (secondary N) is 1. The van der Waals surface area contributed by atoms with Crippen LogP contribution in [-0.4, -0.2) is 16.5 Å². The Morgan fingerprint density at radius 1 is 1.09 bits per heavy atom. The van der Waals surface area contributed by atoms with Crippen molar-refractivity contribution < 1.29 is 9.72 Å². The summed E-state index contributed by atoms with van der Waals surface area (Å²) >= 11 is 0. The predicted octanol–water partition coefficient (Wildman–Crippen LogP) is 3.38. The molecule has 0 aromatic heterocycles. The zero-order valence-corrected chi connectivity index (χ0v) is 12.9. The summed E-state index contributed by atoms with van der Waals surface area (Å²) in [5.41, 5.74) is 3.76. The zero-order chi connectivity index (χ0) is 16.8. The fraction of sp³-hybridized carbons (Fsp3) is 0.176. The van der Waals surface area contributed by atoms with Gasteiger partial charge in [0, 0.05) is 6.07 Å². The van der Waals surface area contributed by atoms with Crippen molar-refractivity contribution in [2.45, 2.75) is 13.8 Å². The predicted molar refractivity (Wildman–Crippen MR) is 88.4 cm³/mol. The first-order valence-electron chi connectivity index (χ1n) is 7.17. The molecule has 2 aromatic rings. The van der Waals surface area contributed by atoms with E-state index in [1.807, 2.05) is 44.2 Å². The molecule has 0 saturated carbocycles. The molecular formula is C17H17N3O3. The Labute approximate surface area is 134 Å². The number of nitrogens with zero attached hydrogens (tertiary/aromatic N) is 2. The van der Waals surface area contributed by atoms with Gasteiger partial charge in [0.15, 0.2) is 0 Å². The zero-order valence-electron chi connectivity index (χ0n) is 12.9. The van der Waals surface area contributed by atoms with Crippen LogP contribution in [0.1, 0.15) is 29.8 Å². The molecule has 118 valence electrons. The van der Waals surface area contributed by atoms with Crippen LogP contribution in [0.25, 0.3) is 0 Å². The Bertz CT molecular complexity index is 740. The van der Waals surface area contributed by atoms with Crippen molar-refractivity contribution in [2.75, 3.05) is 0 Å². The van der Waals surface area contributed by atoms with Gasteiger partial charge in [0.1, 0.15) is 5.56 Å². The van der Waals surface area contributed by atoms with Crippen LogP contribution in [0.4, 0.5) is 5.69 Å². The normalized spacial score (nSPS) is 11.3. The SMILES string of the molecule is CC(C)/C(=N/NC(=O)c1ccccc1[N+](=O)[O-])c1ccccc1.